The molecule has 5 nitrogen and oxygen atoms in total. The Labute approximate surface area is 127 Å². The van der Waals surface area contributed by atoms with E-state index < -0.39 is 0 Å². The summed E-state index contributed by atoms with van der Waals surface area (Å²) in [6, 6.07) is 10.9. The number of hydrogen-bond donors (Lipinski definition) is 1. The summed E-state index contributed by atoms with van der Waals surface area (Å²) in [7, 11) is 1.68. The van der Waals surface area contributed by atoms with Crippen LogP contribution in [-0.4, -0.2) is 24.8 Å². The molecule has 0 atom stereocenters. The summed E-state index contributed by atoms with van der Waals surface area (Å²) in [5, 5.41) is 2.71. The van der Waals surface area contributed by atoms with Gasteiger partial charge in [0.1, 0.15) is 5.82 Å². The van der Waals surface area contributed by atoms with E-state index in [0.29, 0.717) is 23.7 Å². The second kappa shape index (κ2) is 5.93. The van der Waals surface area contributed by atoms with Gasteiger partial charge in [-0.1, -0.05) is 6.07 Å². The molecule has 0 aliphatic carbocycles. The van der Waals surface area contributed by atoms with Crippen LogP contribution in [0.4, 0.5) is 14.9 Å². The van der Waals surface area contributed by atoms with Crippen molar-refractivity contribution in [1.82, 2.24) is 4.90 Å². The average Bonchev–Trinajstić information content (AvgIpc) is 2.97. The van der Waals surface area contributed by atoms with Crippen molar-refractivity contribution in [1.29, 1.82) is 0 Å². The Morgan fingerprint density at radius 3 is 2.68 bits per heavy atom. The first kappa shape index (κ1) is 14.2. The van der Waals surface area contributed by atoms with Crippen LogP contribution < -0.4 is 14.8 Å². The van der Waals surface area contributed by atoms with Crippen molar-refractivity contribution in [3.05, 3.63) is 53.8 Å². The highest BCUT2D eigenvalue weighted by Gasteiger charge is 2.15. The number of nitrogens with zero attached hydrogens (tertiary/aromatic N) is 1. The van der Waals surface area contributed by atoms with Crippen molar-refractivity contribution >= 4 is 11.7 Å². The molecule has 2 aromatic carbocycles. The Morgan fingerprint density at radius 1 is 1.18 bits per heavy atom. The van der Waals surface area contributed by atoms with Crippen LogP contribution in [0.3, 0.4) is 0 Å². The molecule has 1 N–H and O–H groups in total. The summed E-state index contributed by atoms with van der Waals surface area (Å²) >= 11 is 0. The summed E-state index contributed by atoms with van der Waals surface area (Å²) in [6.07, 6.45) is 0. The zero-order chi connectivity index (χ0) is 15.5. The Bertz CT molecular complexity index is 688. The minimum atomic E-state index is -0.341. The van der Waals surface area contributed by atoms with Gasteiger partial charge in [0.2, 0.25) is 6.79 Å². The predicted molar refractivity (Wildman–Crippen MR) is 79.5 cm³/mol. The van der Waals surface area contributed by atoms with Gasteiger partial charge >= 0.3 is 6.03 Å². The van der Waals surface area contributed by atoms with Crippen LogP contribution >= 0.6 is 0 Å². The van der Waals surface area contributed by atoms with Gasteiger partial charge in [-0.3, -0.25) is 0 Å². The van der Waals surface area contributed by atoms with E-state index in [4.69, 9.17) is 9.47 Å². The minimum Gasteiger partial charge on any atom is -0.454 e. The highest BCUT2D eigenvalue weighted by Crippen LogP contribution is 2.32. The van der Waals surface area contributed by atoms with Crippen molar-refractivity contribution < 1.29 is 18.7 Å². The number of amides is 2. The molecule has 1 heterocycles. The van der Waals surface area contributed by atoms with E-state index >= 15 is 0 Å². The lowest BCUT2D eigenvalue weighted by Gasteiger charge is -2.18. The number of anilines is 1. The van der Waals surface area contributed by atoms with Gasteiger partial charge in [-0.15, -0.1) is 0 Å². The van der Waals surface area contributed by atoms with Crippen LogP contribution in [0.1, 0.15) is 5.56 Å². The van der Waals surface area contributed by atoms with Crippen LogP contribution in [-0.2, 0) is 6.54 Å². The number of carbonyl (C=O) groups is 1. The first-order valence-corrected chi connectivity index (χ1v) is 6.78. The SMILES string of the molecule is CN(Cc1ccc2c(c1)OCO2)C(=O)Nc1ccc(F)cc1. The van der Waals surface area contributed by atoms with Gasteiger partial charge < -0.3 is 19.7 Å². The van der Waals surface area contributed by atoms with Crippen molar-refractivity contribution in [3.8, 4) is 11.5 Å². The maximum Gasteiger partial charge on any atom is 0.321 e. The Morgan fingerprint density at radius 2 is 1.91 bits per heavy atom. The van der Waals surface area contributed by atoms with E-state index in [1.165, 1.54) is 29.2 Å². The molecule has 2 aromatic rings. The van der Waals surface area contributed by atoms with Crippen LogP contribution in [0, 0.1) is 5.82 Å². The molecule has 0 unspecified atom stereocenters. The number of nitrogens with one attached hydrogen (secondary N) is 1. The van der Waals surface area contributed by atoms with Gasteiger partial charge in [0.15, 0.2) is 11.5 Å². The monoisotopic (exact) mass is 302 g/mol. The number of rotatable bonds is 3. The topological polar surface area (TPSA) is 50.8 Å². The molecule has 0 aromatic heterocycles. The van der Waals surface area contributed by atoms with Crippen molar-refractivity contribution in [2.75, 3.05) is 19.2 Å². The summed E-state index contributed by atoms with van der Waals surface area (Å²) in [5.74, 6) is 1.05. The second-order valence-electron chi connectivity index (χ2n) is 4.98. The molecule has 0 fully saturated rings. The van der Waals surface area contributed by atoms with Crippen LogP contribution in [0.5, 0.6) is 11.5 Å². The van der Waals surface area contributed by atoms with E-state index in [1.54, 1.807) is 7.05 Å². The van der Waals surface area contributed by atoms with Crippen molar-refractivity contribution in [2.45, 2.75) is 6.54 Å². The third-order valence-corrected chi connectivity index (χ3v) is 3.30. The molecule has 0 bridgehead atoms. The molecule has 114 valence electrons. The highest BCUT2D eigenvalue weighted by atomic mass is 19.1. The Balaban J connectivity index is 1.62. The zero-order valence-electron chi connectivity index (χ0n) is 12.0. The number of benzene rings is 2. The number of hydrogen-bond acceptors (Lipinski definition) is 3. The van der Waals surface area contributed by atoms with E-state index in [0.717, 1.165) is 5.56 Å². The molecule has 0 radical (unpaired) electrons. The molecule has 0 spiro atoms. The van der Waals surface area contributed by atoms with Gasteiger partial charge in [-0.2, -0.15) is 0 Å². The molecule has 1 aliphatic rings. The summed E-state index contributed by atoms with van der Waals surface area (Å²) < 4.78 is 23.4. The number of fused-ring (bicyclic) bond motifs is 1. The molecule has 0 saturated heterocycles. The molecule has 0 saturated carbocycles. The van der Waals surface area contributed by atoms with Crippen LogP contribution in [0.15, 0.2) is 42.5 Å². The molecule has 22 heavy (non-hydrogen) atoms. The van der Waals surface area contributed by atoms with Gasteiger partial charge in [-0.25, -0.2) is 9.18 Å². The highest BCUT2D eigenvalue weighted by molar-refractivity contribution is 5.89. The average molecular weight is 302 g/mol. The van der Waals surface area contributed by atoms with Crippen molar-refractivity contribution in [3.63, 3.8) is 0 Å². The zero-order valence-corrected chi connectivity index (χ0v) is 12.0. The standard InChI is InChI=1S/C16H15FN2O3/c1-19(16(20)18-13-5-3-12(17)4-6-13)9-11-2-7-14-15(8-11)22-10-21-14/h2-8H,9-10H2,1H3,(H,18,20). The quantitative estimate of drug-likeness (QED) is 0.947. The molecule has 1 aliphatic heterocycles. The first-order valence-electron chi connectivity index (χ1n) is 6.78. The lowest BCUT2D eigenvalue weighted by atomic mass is 10.2. The van der Waals surface area contributed by atoms with Gasteiger partial charge in [0, 0.05) is 19.3 Å². The van der Waals surface area contributed by atoms with Gasteiger partial charge in [0.25, 0.3) is 0 Å². The summed E-state index contributed by atoms with van der Waals surface area (Å²) in [5.41, 5.74) is 1.48. The first-order chi connectivity index (χ1) is 10.6. The normalized spacial score (nSPS) is 12.1. The smallest absolute Gasteiger partial charge is 0.321 e. The van der Waals surface area contributed by atoms with Crippen molar-refractivity contribution in [2.24, 2.45) is 0 Å². The van der Waals surface area contributed by atoms with E-state index in [9.17, 15) is 9.18 Å². The lowest BCUT2D eigenvalue weighted by Crippen LogP contribution is -2.30. The Kier molecular flexibility index (Phi) is 3.82. The molecule has 3 rings (SSSR count). The number of urea groups is 1. The second-order valence-corrected chi connectivity index (χ2v) is 4.98. The molecular formula is C16H15FN2O3. The molecule has 6 heteroatoms. The summed E-state index contributed by atoms with van der Waals surface area (Å²) in [6.45, 7) is 0.642. The van der Waals surface area contributed by atoms with E-state index in [2.05, 4.69) is 5.32 Å². The maximum absolute atomic E-state index is 12.8. The maximum atomic E-state index is 12.8. The van der Waals surface area contributed by atoms with E-state index in [-0.39, 0.29) is 18.6 Å². The fourth-order valence-corrected chi connectivity index (χ4v) is 2.14. The number of ether oxygens (including phenoxy) is 2. The van der Waals surface area contributed by atoms with Crippen LogP contribution in [0.2, 0.25) is 0 Å². The van der Waals surface area contributed by atoms with E-state index in [1.807, 2.05) is 18.2 Å². The number of carbonyl (C=O) groups excluding carboxylic acids is 1. The fraction of sp³-hybridized carbons (Fsp3) is 0.188. The molecule has 2 amide bonds. The lowest BCUT2D eigenvalue weighted by molar-refractivity contribution is 0.174. The van der Waals surface area contributed by atoms with Gasteiger partial charge in [0.05, 0.1) is 0 Å². The third-order valence-electron chi connectivity index (χ3n) is 3.30. The Hall–Kier alpha value is -2.76. The predicted octanol–water partition coefficient (Wildman–Crippen LogP) is 3.22. The van der Waals surface area contributed by atoms with Gasteiger partial charge in [-0.05, 0) is 42.0 Å². The largest absolute Gasteiger partial charge is 0.454 e. The van der Waals surface area contributed by atoms with Crippen LogP contribution in [0.25, 0.3) is 0 Å². The molecular weight excluding hydrogens is 287 g/mol. The summed E-state index contributed by atoms with van der Waals surface area (Å²) in [4.78, 5) is 13.6. The third kappa shape index (κ3) is 3.11. The minimum absolute atomic E-state index is 0.222. The fourth-order valence-electron chi connectivity index (χ4n) is 2.14. The number of halogens is 1.